The highest BCUT2D eigenvalue weighted by atomic mass is 32.2. The molecule has 14 heavy (non-hydrogen) atoms. The number of hydrogen-bond acceptors (Lipinski definition) is 4. The van der Waals surface area contributed by atoms with Crippen molar-refractivity contribution in [2.24, 2.45) is 5.92 Å². The van der Waals surface area contributed by atoms with Crippen LogP contribution in [0.4, 0.5) is 0 Å². The van der Waals surface area contributed by atoms with Gasteiger partial charge in [-0.15, -0.1) is 0 Å². The van der Waals surface area contributed by atoms with E-state index in [2.05, 4.69) is 5.10 Å². The molecule has 1 fully saturated rings. The number of nitriles is 1. The third-order valence-corrected chi connectivity index (χ3v) is 3.71. The van der Waals surface area contributed by atoms with E-state index in [-0.39, 0.29) is 19.0 Å². The fourth-order valence-corrected chi connectivity index (χ4v) is 2.59. The molecule has 0 aliphatic carbocycles. The van der Waals surface area contributed by atoms with Crippen LogP contribution in [0.3, 0.4) is 0 Å². The van der Waals surface area contributed by atoms with Crippen molar-refractivity contribution in [1.29, 1.82) is 5.26 Å². The summed E-state index contributed by atoms with van der Waals surface area (Å²) in [5.41, 5.74) is 0. The lowest BCUT2D eigenvalue weighted by Gasteiger charge is -2.33. The normalized spacial score (nSPS) is 18.8. The van der Waals surface area contributed by atoms with E-state index < -0.39 is 10.2 Å². The van der Waals surface area contributed by atoms with Gasteiger partial charge in [0.25, 0.3) is 0 Å². The van der Waals surface area contributed by atoms with Gasteiger partial charge in [0.2, 0.25) is 0 Å². The van der Waals surface area contributed by atoms with E-state index in [4.69, 9.17) is 5.26 Å². The molecular formula is C7H8N4O2S. The van der Waals surface area contributed by atoms with Crippen LogP contribution in [0.1, 0.15) is 0 Å². The van der Waals surface area contributed by atoms with Crippen LogP contribution in [-0.2, 0) is 10.2 Å². The first-order valence-electron chi connectivity index (χ1n) is 4.04. The van der Waals surface area contributed by atoms with Crippen molar-refractivity contribution in [2.45, 2.75) is 0 Å². The fraction of sp³-hybridized carbons (Fsp3) is 0.429. The average Bonchev–Trinajstić information content (AvgIpc) is 2.53. The molecule has 0 unspecified atom stereocenters. The second-order valence-corrected chi connectivity index (χ2v) is 4.82. The van der Waals surface area contributed by atoms with E-state index in [0.29, 0.717) is 0 Å². The minimum atomic E-state index is -3.51. The first-order chi connectivity index (χ1) is 6.64. The first kappa shape index (κ1) is 9.18. The van der Waals surface area contributed by atoms with Gasteiger partial charge in [-0.1, -0.05) is 0 Å². The Morgan fingerprint density at radius 2 is 2.21 bits per heavy atom. The van der Waals surface area contributed by atoms with Gasteiger partial charge in [-0.05, 0) is 6.07 Å². The van der Waals surface area contributed by atoms with Gasteiger partial charge < -0.3 is 0 Å². The lowest BCUT2D eigenvalue weighted by Crippen LogP contribution is -2.51. The maximum atomic E-state index is 11.7. The van der Waals surface area contributed by atoms with Gasteiger partial charge >= 0.3 is 10.2 Å². The van der Waals surface area contributed by atoms with Crippen molar-refractivity contribution in [2.75, 3.05) is 13.1 Å². The largest absolute Gasteiger partial charge is 0.323 e. The molecule has 2 heterocycles. The third kappa shape index (κ3) is 1.29. The van der Waals surface area contributed by atoms with Crippen molar-refractivity contribution >= 4 is 10.2 Å². The Bertz CT molecular complexity index is 452. The summed E-state index contributed by atoms with van der Waals surface area (Å²) in [7, 11) is -3.51. The minimum absolute atomic E-state index is 0.180. The topological polar surface area (TPSA) is 79.0 Å². The van der Waals surface area contributed by atoms with Gasteiger partial charge in [0.15, 0.2) is 0 Å². The van der Waals surface area contributed by atoms with Crippen LogP contribution in [0.5, 0.6) is 0 Å². The van der Waals surface area contributed by atoms with Crippen LogP contribution in [0, 0.1) is 17.2 Å². The van der Waals surface area contributed by atoms with Gasteiger partial charge in [0.05, 0.1) is 18.2 Å². The molecule has 7 heteroatoms. The Labute approximate surface area is 81.5 Å². The molecule has 0 spiro atoms. The van der Waals surface area contributed by atoms with Crippen LogP contribution < -0.4 is 0 Å². The smallest absolute Gasteiger partial charge is 0.198 e. The van der Waals surface area contributed by atoms with Crippen molar-refractivity contribution in [3.8, 4) is 6.07 Å². The summed E-state index contributed by atoms with van der Waals surface area (Å²) >= 11 is 0. The fourth-order valence-electron chi connectivity index (χ4n) is 1.22. The zero-order valence-corrected chi connectivity index (χ0v) is 8.05. The van der Waals surface area contributed by atoms with Crippen LogP contribution in [0.25, 0.3) is 0 Å². The molecule has 1 aliphatic rings. The first-order valence-corrected chi connectivity index (χ1v) is 5.44. The van der Waals surface area contributed by atoms with Gasteiger partial charge in [-0.2, -0.15) is 27.2 Å². The molecule has 74 valence electrons. The highest BCUT2D eigenvalue weighted by Gasteiger charge is 2.36. The quantitative estimate of drug-likeness (QED) is 0.657. The molecule has 0 atom stereocenters. The molecule has 1 saturated heterocycles. The zero-order chi connectivity index (χ0) is 10.2. The van der Waals surface area contributed by atoms with Crippen LogP contribution in [0.15, 0.2) is 18.5 Å². The maximum absolute atomic E-state index is 11.7. The molecular weight excluding hydrogens is 204 g/mol. The van der Waals surface area contributed by atoms with Crippen molar-refractivity contribution in [1.82, 2.24) is 13.5 Å². The molecule has 0 aromatic carbocycles. The Morgan fingerprint density at radius 3 is 2.71 bits per heavy atom. The Hall–Kier alpha value is -1.39. The average molecular weight is 212 g/mol. The third-order valence-electron chi connectivity index (χ3n) is 2.07. The van der Waals surface area contributed by atoms with Gasteiger partial charge in [0, 0.05) is 19.3 Å². The van der Waals surface area contributed by atoms with E-state index in [0.717, 1.165) is 4.09 Å². The summed E-state index contributed by atoms with van der Waals surface area (Å²) in [4.78, 5) is 0. The summed E-state index contributed by atoms with van der Waals surface area (Å²) in [5.74, 6) is -0.180. The number of nitrogens with zero attached hydrogens (tertiary/aromatic N) is 4. The molecule has 0 saturated carbocycles. The lowest BCUT2D eigenvalue weighted by molar-refractivity contribution is 0.245. The molecule has 1 aromatic rings. The molecule has 6 nitrogen and oxygen atoms in total. The SMILES string of the molecule is N#CC1CN(S(=O)(=O)n2cccn2)C1. The Balaban J connectivity index is 2.17. The van der Waals surface area contributed by atoms with E-state index in [1.807, 2.05) is 6.07 Å². The van der Waals surface area contributed by atoms with Gasteiger partial charge in [0.1, 0.15) is 0 Å². The molecule has 2 rings (SSSR count). The summed E-state index contributed by atoms with van der Waals surface area (Å²) in [6.07, 6.45) is 2.77. The maximum Gasteiger partial charge on any atom is 0.323 e. The number of rotatable bonds is 2. The predicted molar refractivity (Wildman–Crippen MR) is 47.2 cm³/mol. The van der Waals surface area contributed by atoms with Crippen molar-refractivity contribution in [3.63, 3.8) is 0 Å². The zero-order valence-electron chi connectivity index (χ0n) is 7.24. The van der Waals surface area contributed by atoms with E-state index in [9.17, 15) is 8.42 Å². The Kier molecular flexibility index (Phi) is 2.02. The highest BCUT2D eigenvalue weighted by Crippen LogP contribution is 2.19. The van der Waals surface area contributed by atoms with E-state index in [1.54, 1.807) is 6.07 Å². The predicted octanol–water partition coefficient (Wildman–Crippen LogP) is -0.569. The number of aromatic nitrogens is 2. The summed E-state index contributed by atoms with van der Waals surface area (Å²) in [5, 5.41) is 12.2. The second kappa shape index (κ2) is 3.08. The molecule has 0 N–H and O–H groups in total. The molecule has 0 amide bonds. The molecule has 1 aliphatic heterocycles. The second-order valence-electron chi connectivity index (χ2n) is 3.03. The van der Waals surface area contributed by atoms with Crippen LogP contribution in [-0.4, -0.2) is 35.0 Å². The summed E-state index contributed by atoms with van der Waals surface area (Å²) < 4.78 is 25.4. The standard InChI is InChI=1S/C7H8N4O2S/c8-4-7-5-10(6-7)14(12,13)11-3-1-2-9-11/h1-3,7H,5-6H2. The molecule has 0 bridgehead atoms. The monoisotopic (exact) mass is 212 g/mol. The van der Waals surface area contributed by atoms with Crippen LogP contribution in [0.2, 0.25) is 0 Å². The van der Waals surface area contributed by atoms with Crippen molar-refractivity contribution in [3.05, 3.63) is 18.5 Å². The molecule has 1 aromatic heterocycles. The minimum Gasteiger partial charge on any atom is -0.198 e. The molecule has 0 radical (unpaired) electrons. The Morgan fingerprint density at radius 1 is 1.50 bits per heavy atom. The highest BCUT2D eigenvalue weighted by molar-refractivity contribution is 7.87. The number of hydrogen-bond donors (Lipinski definition) is 0. The summed E-state index contributed by atoms with van der Waals surface area (Å²) in [6.45, 7) is 0.525. The van der Waals surface area contributed by atoms with Crippen LogP contribution >= 0.6 is 0 Å². The lowest BCUT2D eigenvalue weighted by atomic mass is 10.1. The van der Waals surface area contributed by atoms with Gasteiger partial charge in [-0.3, -0.25) is 0 Å². The van der Waals surface area contributed by atoms with Gasteiger partial charge in [-0.25, -0.2) is 0 Å². The van der Waals surface area contributed by atoms with E-state index in [1.165, 1.54) is 16.7 Å². The van der Waals surface area contributed by atoms with Crippen molar-refractivity contribution < 1.29 is 8.42 Å². The summed E-state index contributed by atoms with van der Waals surface area (Å²) in [6, 6.07) is 3.55. The van der Waals surface area contributed by atoms with E-state index >= 15 is 0 Å².